The molecule has 3 N–H and O–H groups in total. The number of hydrogen-bond acceptors (Lipinski definition) is 4. The van der Waals surface area contributed by atoms with Crippen LogP contribution in [-0.2, 0) is 6.54 Å². The summed E-state index contributed by atoms with van der Waals surface area (Å²) in [6.07, 6.45) is 3.21. The fourth-order valence-electron chi connectivity index (χ4n) is 0.690. The monoisotopic (exact) mass is 138 g/mol. The third-order valence-corrected chi connectivity index (χ3v) is 1.06. The van der Waals surface area contributed by atoms with E-state index in [0.29, 0.717) is 12.4 Å². The van der Waals surface area contributed by atoms with Gasteiger partial charge in [-0.25, -0.2) is 4.98 Å². The molecule has 0 spiro atoms. The molecule has 10 heavy (non-hydrogen) atoms. The van der Waals surface area contributed by atoms with E-state index in [1.807, 2.05) is 7.05 Å². The van der Waals surface area contributed by atoms with E-state index in [2.05, 4.69) is 15.3 Å². The van der Waals surface area contributed by atoms with Crippen molar-refractivity contribution in [2.24, 2.45) is 0 Å². The summed E-state index contributed by atoms with van der Waals surface area (Å²) >= 11 is 0. The van der Waals surface area contributed by atoms with Gasteiger partial charge in [-0.05, 0) is 7.05 Å². The van der Waals surface area contributed by atoms with Gasteiger partial charge in [0, 0.05) is 12.7 Å². The second-order valence-electron chi connectivity index (χ2n) is 1.97. The molecular formula is C6H10N4. The highest BCUT2D eigenvalue weighted by atomic mass is 14.9. The van der Waals surface area contributed by atoms with E-state index in [1.54, 1.807) is 6.20 Å². The highest BCUT2D eigenvalue weighted by Crippen LogP contribution is 1.95. The molecule has 0 unspecified atom stereocenters. The lowest BCUT2D eigenvalue weighted by molar-refractivity contribution is 0.786. The molecule has 0 aliphatic rings. The maximum Gasteiger partial charge on any atom is 0.142 e. The average molecular weight is 138 g/mol. The van der Waals surface area contributed by atoms with Crippen LogP contribution in [0.3, 0.4) is 0 Å². The van der Waals surface area contributed by atoms with Crippen molar-refractivity contribution >= 4 is 5.82 Å². The highest BCUT2D eigenvalue weighted by molar-refractivity contribution is 5.23. The van der Waals surface area contributed by atoms with Crippen molar-refractivity contribution in [2.75, 3.05) is 12.8 Å². The minimum absolute atomic E-state index is 0.466. The van der Waals surface area contributed by atoms with Gasteiger partial charge in [0.05, 0.1) is 11.9 Å². The molecule has 0 aliphatic carbocycles. The van der Waals surface area contributed by atoms with Gasteiger partial charge >= 0.3 is 0 Å². The first-order valence-electron chi connectivity index (χ1n) is 3.04. The van der Waals surface area contributed by atoms with Crippen molar-refractivity contribution in [3.8, 4) is 0 Å². The number of anilines is 1. The Morgan fingerprint density at radius 1 is 1.60 bits per heavy atom. The Balaban J connectivity index is 2.75. The lowest BCUT2D eigenvalue weighted by atomic mass is 10.4. The molecule has 1 aromatic heterocycles. The number of nitrogens with zero attached hydrogens (tertiary/aromatic N) is 2. The molecule has 54 valence electrons. The minimum Gasteiger partial charge on any atom is -0.382 e. The Labute approximate surface area is 59.5 Å². The van der Waals surface area contributed by atoms with Crippen molar-refractivity contribution in [2.45, 2.75) is 6.54 Å². The molecule has 0 saturated heterocycles. The van der Waals surface area contributed by atoms with Gasteiger partial charge in [0.15, 0.2) is 0 Å². The summed E-state index contributed by atoms with van der Waals surface area (Å²) in [5, 5.41) is 2.95. The maximum absolute atomic E-state index is 5.39. The molecule has 0 aromatic carbocycles. The topological polar surface area (TPSA) is 63.8 Å². The van der Waals surface area contributed by atoms with Gasteiger partial charge in [-0.2, -0.15) is 0 Å². The molecule has 0 saturated carbocycles. The lowest BCUT2D eigenvalue weighted by Gasteiger charge is -1.97. The summed E-state index contributed by atoms with van der Waals surface area (Å²) in [4.78, 5) is 7.89. The van der Waals surface area contributed by atoms with E-state index in [1.165, 1.54) is 6.20 Å². The van der Waals surface area contributed by atoms with E-state index < -0.39 is 0 Å². The zero-order valence-corrected chi connectivity index (χ0v) is 5.83. The van der Waals surface area contributed by atoms with Gasteiger partial charge in [-0.15, -0.1) is 0 Å². The van der Waals surface area contributed by atoms with Crippen molar-refractivity contribution in [3.05, 3.63) is 18.1 Å². The van der Waals surface area contributed by atoms with Gasteiger partial charge in [0.1, 0.15) is 5.82 Å². The third-order valence-electron chi connectivity index (χ3n) is 1.06. The summed E-state index contributed by atoms with van der Waals surface area (Å²) in [7, 11) is 1.85. The van der Waals surface area contributed by atoms with Gasteiger partial charge in [-0.3, -0.25) is 4.98 Å². The molecule has 1 heterocycles. The summed E-state index contributed by atoms with van der Waals surface area (Å²) in [5.74, 6) is 0.466. The SMILES string of the molecule is CNCc1cncc(N)n1. The van der Waals surface area contributed by atoms with Crippen molar-refractivity contribution in [1.29, 1.82) is 0 Å². The van der Waals surface area contributed by atoms with Crippen molar-refractivity contribution in [1.82, 2.24) is 15.3 Å². The molecule has 4 heteroatoms. The molecule has 0 amide bonds. The van der Waals surface area contributed by atoms with Crippen LogP contribution in [0.4, 0.5) is 5.82 Å². The first kappa shape index (κ1) is 6.95. The first-order chi connectivity index (χ1) is 4.83. The number of nitrogen functional groups attached to an aromatic ring is 1. The largest absolute Gasteiger partial charge is 0.382 e. The zero-order chi connectivity index (χ0) is 7.40. The molecule has 0 aliphatic heterocycles. The Morgan fingerprint density at radius 3 is 3.00 bits per heavy atom. The molecule has 0 radical (unpaired) electrons. The summed E-state index contributed by atoms with van der Waals surface area (Å²) in [6.45, 7) is 0.706. The zero-order valence-electron chi connectivity index (χ0n) is 5.83. The van der Waals surface area contributed by atoms with Crippen molar-refractivity contribution < 1.29 is 0 Å². The van der Waals surface area contributed by atoms with Crippen LogP contribution < -0.4 is 11.1 Å². The van der Waals surface area contributed by atoms with E-state index in [9.17, 15) is 0 Å². The Hall–Kier alpha value is -1.16. The molecule has 4 nitrogen and oxygen atoms in total. The fourth-order valence-corrected chi connectivity index (χ4v) is 0.690. The van der Waals surface area contributed by atoms with E-state index in [-0.39, 0.29) is 0 Å². The second-order valence-corrected chi connectivity index (χ2v) is 1.97. The van der Waals surface area contributed by atoms with Crippen LogP contribution in [0.5, 0.6) is 0 Å². The number of rotatable bonds is 2. The summed E-state index contributed by atoms with van der Waals surface area (Å²) < 4.78 is 0. The molecular weight excluding hydrogens is 128 g/mol. The average Bonchev–Trinajstić information content (AvgIpc) is 1.88. The van der Waals surface area contributed by atoms with E-state index in [4.69, 9.17) is 5.73 Å². The van der Waals surface area contributed by atoms with Crippen LogP contribution in [0.25, 0.3) is 0 Å². The molecule has 0 fully saturated rings. The smallest absolute Gasteiger partial charge is 0.142 e. The Kier molecular flexibility index (Phi) is 2.17. The van der Waals surface area contributed by atoms with Gasteiger partial charge in [0.25, 0.3) is 0 Å². The number of nitrogens with two attached hydrogens (primary N) is 1. The predicted molar refractivity (Wildman–Crippen MR) is 39.2 cm³/mol. The maximum atomic E-state index is 5.39. The van der Waals surface area contributed by atoms with Crippen LogP contribution in [0.1, 0.15) is 5.69 Å². The van der Waals surface area contributed by atoms with E-state index >= 15 is 0 Å². The Morgan fingerprint density at radius 2 is 2.40 bits per heavy atom. The second kappa shape index (κ2) is 3.12. The predicted octanol–water partition coefficient (Wildman–Crippen LogP) is -0.222. The Bertz CT molecular complexity index is 211. The number of nitrogens with one attached hydrogen (secondary N) is 1. The first-order valence-corrected chi connectivity index (χ1v) is 3.04. The van der Waals surface area contributed by atoms with Crippen molar-refractivity contribution in [3.63, 3.8) is 0 Å². The fraction of sp³-hybridized carbons (Fsp3) is 0.333. The molecule has 0 bridgehead atoms. The highest BCUT2D eigenvalue weighted by Gasteiger charge is 1.91. The van der Waals surface area contributed by atoms with Gasteiger partial charge in [-0.1, -0.05) is 0 Å². The third kappa shape index (κ3) is 1.66. The standard InChI is InChI=1S/C6H10N4/c1-8-2-5-3-9-4-6(7)10-5/h3-4,8H,2H2,1H3,(H2,7,10). The summed E-state index contributed by atoms with van der Waals surface area (Å²) in [5.41, 5.74) is 6.25. The van der Waals surface area contributed by atoms with Gasteiger partial charge < -0.3 is 11.1 Å². The normalized spacial score (nSPS) is 9.70. The lowest BCUT2D eigenvalue weighted by Crippen LogP contribution is -2.08. The quantitative estimate of drug-likeness (QED) is 0.593. The molecule has 1 aromatic rings. The molecule has 1 rings (SSSR count). The number of hydrogen-bond donors (Lipinski definition) is 2. The van der Waals surface area contributed by atoms with Crippen LogP contribution in [-0.4, -0.2) is 17.0 Å². The van der Waals surface area contributed by atoms with Crippen LogP contribution in [0.2, 0.25) is 0 Å². The minimum atomic E-state index is 0.466. The summed E-state index contributed by atoms with van der Waals surface area (Å²) in [6, 6.07) is 0. The molecule has 0 atom stereocenters. The number of aromatic nitrogens is 2. The van der Waals surface area contributed by atoms with Crippen LogP contribution in [0, 0.1) is 0 Å². The van der Waals surface area contributed by atoms with Gasteiger partial charge in [0.2, 0.25) is 0 Å². The van der Waals surface area contributed by atoms with Crippen LogP contribution in [0.15, 0.2) is 12.4 Å². The van der Waals surface area contributed by atoms with Crippen LogP contribution >= 0.6 is 0 Å². The van der Waals surface area contributed by atoms with E-state index in [0.717, 1.165) is 5.69 Å².